The van der Waals surface area contributed by atoms with Crippen LogP contribution in [0.5, 0.6) is 0 Å². The summed E-state index contributed by atoms with van der Waals surface area (Å²) >= 11 is 7.89. The molecule has 3 nitrogen and oxygen atoms in total. The van der Waals surface area contributed by atoms with Crippen molar-refractivity contribution in [1.29, 1.82) is 0 Å². The molecule has 1 unspecified atom stereocenters. The van der Waals surface area contributed by atoms with Crippen LogP contribution < -0.4 is 0 Å². The first-order valence-corrected chi connectivity index (χ1v) is 5.86. The Labute approximate surface area is 114 Å². The maximum absolute atomic E-state index is 13.5. The third kappa shape index (κ3) is 2.62. The van der Waals surface area contributed by atoms with Gasteiger partial charge in [-0.2, -0.15) is 0 Å². The fourth-order valence-electron chi connectivity index (χ4n) is 1.20. The van der Waals surface area contributed by atoms with E-state index < -0.39 is 44.6 Å². The molecule has 1 aromatic carbocycles. The fraction of sp³-hybridized carbons (Fsp3) is 0.300. The van der Waals surface area contributed by atoms with Gasteiger partial charge in [0.25, 0.3) is 0 Å². The van der Waals surface area contributed by atoms with Crippen LogP contribution in [0.4, 0.5) is 13.2 Å². The lowest BCUT2D eigenvalue weighted by molar-refractivity contribution is -0.153. The van der Waals surface area contributed by atoms with Crippen LogP contribution in [0.15, 0.2) is 4.47 Å². The molecule has 0 saturated heterocycles. The molecule has 100 valence electrons. The molecule has 18 heavy (non-hydrogen) atoms. The zero-order valence-corrected chi connectivity index (χ0v) is 11.3. The van der Waals surface area contributed by atoms with Crippen molar-refractivity contribution in [1.82, 2.24) is 0 Å². The van der Waals surface area contributed by atoms with E-state index >= 15 is 0 Å². The molecule has 0 aliphatic carbocycles. The summed E-state index contributed by atoms with van der Waals surface area (Å²) in [6, 6.07) is 0. The molecule has 0 saturated carbocycles. The molecule has 0 aliphatic rings. The van der Waals surface area contributed by atoms with Crippen molar-refractivity contribution in [2.75, 3.05) is 6.61 Å². The highest BCUT2D eigenvalue weighted by molar-refractivity contribution is 9.10. The summed E-state index contributed by atoms with van der Waals surface area (Å²) in [4.78, 5) is 11.2. The Bertz CT molecular complexity index is 467. The standard InChI is InChI=1S/C10H7BrClF3O3/c1-2-18-10(17)9(16)3-5(12)7(14)4(11)8(15)6(3)13/h9,16H,2H2,1H3. The van der Waals surface area contributed by atoms with Crippen LogP contribution in [0.25, 0.3) is 0 Å². The van der Waals surface area contributed by atoms with E-state index in [1.165, 1.54) is 6.92 Å². The van der Waals surface area contributed by atoms with Crippen molar-refractivity contribution < 1.29 is 27.8 Å². The van der Waals surface area contributed by atoms with Crippen molar-refractivity contribution in [2.24, 2.45) is 0 Å². The highest BCUT2D eigenvalue weighted by Crippen LogP contribution is 2.36. The van der Waals surface area contributed by atoms with E-state index in [0.717, 1.165) is 0 Å². The summed E-state index contributed by atoms with van der Waals surface area (Å²) in [6.07, 6.45) is -2.20. The Morgan fingerprint density at radius 3 is 2.44 bits per heavy atom. The number of aliphatic hydroxyl groups is 1. The minimum atomic E-state index is -2.20. The first-order chi connectivity index (χ1) is 8.32. The summed E-state index contributed by atoms with van der Waals surface area (Å²) in [6.45, 7) is 1.36. The quantitative estimate of drug-likeness (QED) is 0.519. The number of benzene rings is 1. The average molecular weight is 348 g/mol. The van der Waals surface area contributed by atoms with Crippen LogP contribution in [0.1, 0.15) is 18.6 Å². The molecule has 0 bridgehead atoms. The number of hydrogen-bond acceptors (Lipinski definition) is 3. The number of halogens is 5. The van der Waals surface area contributed by atoms with Gasteiger partial charge in [-0.05, 0) is 22.9 Å². The summed E-state index contributed by atoms with van der Waals surface area (Å²) in [5.74, 6) is -5.77. The molecule has 0 radical (unpaired) electrons. The van der Waals surface area contributed by atoms with Crippen LogP contribution in [0, 0.1) is 17.5 Å². The normalized spacial score (nSPS) is 12.4. The monoisotopic (exact) mass is 346 g/mol. The Balaban J connectivity index is 3.37. The molecule has 1 atom stereocenters. The van der Waals surface area contributed by atoms with Crippen LogP contribution in [0.2, 0.25) is 5.02 Å². The molecule has 1 rings (SSSR count). The number of hydrogen-bond donors (Lipinski definition) is 1. The smallest absolute Gasteiger partial charge is 0.339 e. The molecule has 0 amide bonds. The summed E-state index contributed by atoms with van der Waals surface area (Å²) < 4.78 is 43.8. The van der Waals surface area contributed by atoms with Gasteiger partial charge in [0.2, 0.25) is 0 Å². The van der Waals surface area contributed by atoms with Crippen molar-refractivity contribution in [2.45, 2.75) is 13.0 Å². The van der Waals surface area contributed by atoms with E-state index in [2.05, 4.69) is 20.7 Å². The lowest BCUT2D eigenvalue weighted by Gasteiger charge is -2.14. The minimum Gasteiger partial charge on any atom is -0.464 e. The highest BCUT2D eigenvalue weighted by atomic mass is 79.9. The topological polar surface area (TPSA) is 46.5 Å². The zero-order chi connectivity index (χ0) is 14.0. The molecule has 0 aromatic heterocycles. The Kier molecular flexibility index (Phi) is 5.01. The number of carbonyl (C=O) groups excluding carboxylic acids is 1. The third-order valence-corrected chi connectivity index (χ3v) is 3.09. The number of aliphatic hydroxyl groups excluding tert-OH is 1. The summed E-state index contributed by atoms with van der Waals surface area (Å²) in [5, 5.41) is 8.59. The second-order valence-electron chi connectivity index (χ2n) is 3.14. The van der Waals surface area contributed by atoms with Gasteiger partial charge in [-0.15, -0.1) is 0 Å². The summed E-state index contributed by atoms with van der Waals surface area (Å²) in [5.41, 5.74) is -0.992. The SMILES string of the molecule is CCOC(=O)C(O)c1c(F)c(F)c(Br)c(F)c1Cl. The third-order valence-electron chi connectivity index (χ3n) is 2.03. The lowest BCUT2D eigenvalue weighted by atomic mass is 10.1. The first-order valence-electron chi connectivity index (χ1n) is 4.68. The van der Waals surface area contributed by atoms with E-state index in [9.17, 15) is 23.1 Å². The number of rotatable bonds is 3. The van der Waals surface area contributed by atoms with E-state index in [1.54, 1.807) is 0 Å². The van der Waals surface area contributed by atoms with Crippen LogP contribution >= 0.6 is 27.5 Å². The number of esters is 1. The molecule has 0 fully saturated rings. The van der Waals surface area contributed by atoms with Crippen molar-refractivity contribution >= 4 is 33.5 Å². The molecule has 8 heteroatoms. The van der Waals surface area contributed by atoms with Crippen LogP contribution in [0.3, 0.4) is 0 Å². The Morgan fingerprint density at radius 1 is 1.39 bits per heavy atom. The van der Waals surface area contributed by atoms with Crippen LogP contribution in [-0.2, 0) is 9.53 Å². The van der Waals surface area contributed by atoms with Gasteiger partial charge in [-0.1, -0.05) is 11.6 Å². The first kappa shape index (κ1) is 15.3. The molecular formula is C10H7BrClF3O3. The van der Waals surface area contributed by atoms with Gasteiger partial charge in [0.1, 0.15) is 0 Å². The van der Waals surface area contributed by atoms with Crippen molar-refractivity contribution in [3.05, 3.63) is 32.5 Å². The summed E-state index contributed by atoms with van der Waals surface area (Å²) in [7, 11) is 0. The van der Waals surface area contributed by atoms with Crippen molar-refractivity contribution in [3.63, 3.8) is 0 Å². The molecule has 1 aromatic rings. The number of carbonyl (C=O) groups is 1. The molecular weight excluding hydrogens is 340 g/mol. The van der Waals surface area contributed by atoms with Gasteiger partial charge in [0.05, 0.1) is 21.7 Å². The van der Waals surface area contributed by atoms with Gasteiger partial charge in [0.15, 0.2) is 23.6 Å². The average Bonchev–Trinajstić information content (AvgIpc) is 2.34. The van der Waals surface area contributed by atoms with Crippen molar-refractivity contribution in [3.8, 4) is 0 Å². The maximum Gasteiger partial charge on any atom is 0.339 e. The molecule has 0 aliphatic heterocycles. The van der Waals surface area contributed by atoms with E-state index in [1.807, 2.05) is 0 Å². The van der Waals surface area contributed by atoms with Gasteiger partial charge in [-0.25, -0.2) is 18.0 Å². The van der Waals surface area contributed by atoms with Gasteiger partial charge in [-0.3, -0.25) is 0 Å². The Hall–Kier alpha value is -0.790. The van der Waals surface area contributed by atoms with Gasteiger partial charge in [0, 0.05) is 0 Å². The number of ether oxygens (including phenoxy) is 1. The fourth-order valence-corrected chi connectivity index (χ4v) is 1.97. The molecule has 0 heterocycles. The zero-order valence-electron chi connectivity index (χ0n) is 8.94. The molecule has 1 N–H and O–H groups in total. The van der Waals surface area contributed by atoms with E-state index in [-0.39, 0.29) is 6.61 Å². The van der Waals surface area contributed by atoms with Crippen LogP contribution in [-0.4, -0.2) is 17.7 Å². The van der Waals surface area contributed by atoms with E-state index in [0.29, 0.717) is 0 Å². The largest absolute Gasteiger partial charge is 0.464 e. The second-order valence-corrected chi connectivity index (χ2v) is 4.31. The second kappa shape index (κ2) is 5.90. The predicted octanol–water partition coefficient (Wildman–Crippen LogP) is 3.12. The maximum atomic E-state index is 13.5. The molecule has 0 spiro atoms. The highest BCUT2D eigenvalue weighted by Gasteiger charge is 2.31. The van der Waals surface area contributed by atoms with Gasteiger partial charge >= 0.3 is 5.97 Å². The van der Waals surface area contributed by atoms with Gasteiger partial charge < -0.3 is 9.84 Å². The lowest BCUT2D eigenvalue weighted by Crippen LogP contribution is -2.18. The Morgan fingerprint density at radius 2 is 1.94 bits per heavy atom. The minimum absolute atomic E-state index is 0.0867. The van der Waals surface area contributed by atoms with E-state index in [4.69, 9.17) is 11.6 Å². The predicted molar refractivity (Wildman–Crippen MR) is 60.6 cm³/mol.